The Bertz CT molecular complexity index is 492. The molecule has 0 aromatic heterocycles. The second-order valence-electron chi connectivity index (χ2n) is 4.64. The van der Waals surface area contributed by atoms with E-state index in [1.807, 2.05) is 24.3 Å². The topological polar surface area (TPSA) is 57.6 Å². The summed E-state index contributed by atoms with van der Waals surface area (Å²) < 4.78 is 1.03. The van der Waals surface area contributed by atoms with Gasteiger partial charge in [-0.1, -0.05) is 15.9 Å². The van der Waals surface area contributed by atoms with Gasteiger partial charge in [0, 0.05) is 28.1 Å². The number of aliphatic carboxylic acids is 1. The van der Waals surface area contributed by atoms with Crippen LogP contribution in [0.15, 0.2) is 33.6 Å². The first-order valence-electron chi connectivity index (χ1n) is 6.48. The largest absolute Gasteiger partial charge is 0.480 e. The molecule has 6 heteroatoms. The average Bonchev–Trinajstić information content (AvgIpc) is 2.90. The van der Waals surface area contributed by atoms with Gasteiger partial charge in [-0.05, 0) is 37.1 Å². The van der Waals surface area contributed by atoms with Crippen molar-refractivity contribution in [2.75, 3.05) is 12.3 Å². The molecule has 20 heavy (non-hydrogen) atoms. The van der Waals surface area contributed by atoms with Gasteiger partial charge in [0.25, 0.3) is 0 Å². The van der Waals surface area contributed by atoms with Gasteiger partial charge in [0.1, 0.15) is 6.04 Å². The molecule has 1 heterocycles. The first kappa shape index (κ1) is 15.4. The number of thioether (sulfide) groups is 1. The van der Waals surface area contributed by atoms with Gasteiger partial charge in [-0.15, -0.1) is 11.8 Å². The normalized spacial score (nSPS) is 18.2. The summed E-state index contributed by atoms with van der Waals surface area (Å²) >= 11 is 4.99. The van der Waals surface area contributed by atoms with Crippen molar-refractivity contribution in [3.8, 4) is 0 Å². The number of carbonyl (C=O) groups excluding carboxylic acids is 1. The lowest BCUT2D eigenvalue weighted by atomic mass is 10.2. The maximum absolute atomic E-state index is 12.0. The molecular formula is C14H16BrNO3S. The van der Waals surface area contributed by atoms with Crippen LogP contribution in [0.1, 0.15) is 19.3 Å². The van der Waals surface area contributed by atoms with Crippen LogP contribution < -0.4 is 0 Å². The van der Waals surface area contributed by atoms with Crippen LogP contribution in [-0.4, -0.2) is 40.2 Å². The summed E-state index contributed by atoms with van der Waals surface area (Å²) in [5.41, 5.74) is 0. The van der Waals surface area contributed by atoms with E-state index in [9.17, 15) is 9.59 Å². The smallest absolute Gasteiger partial charge is 0.326 e. The third-order valence-electron chi connectivity index (χ3n) is 3.26. The summed E-state index contributed by atoms with van der Waals surface area (Å²) in [4.78, 5) is 25.7. The molecule has 108 valence electrons. The lowest BCUT2D eigenvalue weighted by Gasteiger charge is -2.21. The Balaban J connectivity index is 1.80. The van der Waals surface area contributed by atoms with Crippen molar-refractivity contribution in [1.82, 2.24) is 4.90 Å². The molecule has 1 aliphatic heterocycles. The van der Waals surface area contributed by atoms with Gasteiger partial charge in [0.2, 0.25) is 5.91 Å². The molecule has 0 spiro atoms. The number of likely N-dealkylation sites (tertiary alicyclic amines) is 1. The zero-order valence-corrected chi connectivity index (χ0v) is 13.3. The van der Waals surface area contributed by atoms with Crippen LogP contribution in [0.5, 0.6) is 0 Å². The first-order valence-corrected chi connectivity index (χ1v) is 8.26. The van der Waals surface area contributed by atoms with E-state index in [1.165, 1.54) is 4.90 Å². The van der Waals surface area contributed by atoms with E-state index in [4.69, 9.17) is 5.11 Å². The van der Waals surface area contributed by atoms with Crippen LogP contribution in [0, 0.1) is 0 Å². The lowest BCUT2D eigenvalue weighted by molar-refractivity contribution is -0.148. The fraction of sp³-hybridized carbons (Fsp3) is 0.429. The SMILES string of the molecule is O=C(O)C1CCCN1C(=O)CCSc1ccc(Br)cc1. The van der Waals surface area contributed by atoms with Crippen LogP contribution in [0.25, 0.3) is 0 Å². The minimum absolute atomic E-state index is 0.0560. The number of benzene rings is 1. The number of rotatable bonds is 5. The van der Waals surface area contributed by atoms with Crippen molar-refractivity contribution < 1.29 is 14.7 Å². The summed E-state index contributed by atoms with van der Waals surface area (Å²) in [7, 11) is 0. The van der Waals surface area contributed by atoms with E-state index in [2.05, 4.69) is 15.9 Å². The summed E-state index contributed by atoms with van der Waals surface area (Å²) in [5, 5.41) is 9.06. The molecule has 1 aromatic rings. The monoisotopic (exact) mass is 357 g/mol. The Morgan fingerprint density at radius 2 is 2.05 bits per heavy atom. The maximum atomic E-state index is 12.0. The van der Waals surface area contributed by atoms with Gasteiger partial charge in [-0.3, -0.25) is 4.79 Å². The molecule has 1 atom stereocenters. The van der Waals surface area contributed by atoms with E-state index in [1.54, 1.807) is 11.8 Å². The lowest BCUT2D eigenvalue weighted by Crippen LogP contribution is -2.40. The molecule has 1 N–H and O–H groups in total. The number of carboxylic acids is 1. The van der Waals surface area contributed by atoms with Crippen molar-refractivity contribution in [3.63, 3.8) is 0 Å². The van der Waals surface area contributed by atoms with Crippen LogP contribution in [0.3, 0.4) is 0 Å². The number of hydrogen-bond acceptors (Lipinski definition) is 3. The van der Waals surface area contributed by atoms with Gasteiger partial charge < -0.3 is 10.0 Å². The molecule has 1 unspecified atom stereocenters. The average molecular weight is 358 g/mol. The molecule has 0 saturated carbocycles. The first-order chi connectivity index (χ1) is 9.58. The van der Waals surface area contributed by atoms with Gasteiger partial charge in [0.05, 0.1) is 0 Å². The molecule has 0 aliphatic carbocycles. The Morgan fingerprint density at radius 3 is 2.70 bits per heavy atom. The van der Waals surface area contributed by atoms with Crippen LogP contribution in [0.4, 0.5) is 0 Å². The Kier molecular flexibility index (Phi) is 5.48. The molecule has 2 rings (SSSR count). The highest BCUT2D eigenvalue weighted by molar-refractivity contribution is 9.10. The van der Waals surface area contributed by atoms with Crippen molar-refractivity contribution in [1.29, 1.82) is 0 Å². The molecule has 1 aromatic carbocycles. The zero-order valence-electron chi connectivity index (χ0n) is 10.9. The maximum Gasteiger partial charge on any atom is 0.326 e. The number of amides is 1. The molecule has 0 radical (unpaired) electrons. The summed E-state index contributed by atoms with van der Waals surface area (Å²) in [6, 6.07) is 7.29. The van der Waals surface area contributed by atoms with E-state index >= 15 is 0 Å². The van der Waals surface area contributed by atoms with Gasteiger partial charge in [-0.2, -0.15) is 0 Å². The Labute approximate surface area is 130 Å². The summed E-state index contributed by atoms with van der Waals surface area (Å²) in [6.45, 7) is 0.568. The fourth-order valence-electron chi connectivity index (χ4n) is 2.25. The number of nitrogens with zero attached hydrogens (tertiary/aromatic N) is 1. The molecule has 1 saturated heterocycles. The highest BCUT2D eigenvalue weighted by Gasteiger charge is 2.33. The minimum Gasteiger partial charge on any atom is -0.480 e. The summed E-state index contributed by atoms with van der Waals surface area (Å²) in [6.07, 6.45) is 1.73. The van der Waals surface area contributed by atoms with Crippen LogP contribution in [-0.2, 0) is 9.59 Å². The van der Waals surface area contributed by atoms with E-state index in [-0.39, 0.29) is 5.91 Å². The van der Waals surface area contributed by atoms with E-state index < -0.39 is 12.0 Å². The molecule has 1 aliphatic rings. The predicted octanol–water partition coefficient (Wildman–Crippen LogP) is 3.01. The molecular weight excluding hydrogens is 342 g/mol. The molecule has 1 amide bonds. The molecule has 4 nitrogen and oxygen atoms in total. The van der Waals surface area contributed by atoms with Crippen LogP contribution >= 0.6 is 27.7 Å². The van der Waals surface area contributed by atoms with Gasteiger partial charge in [-0.25, -0.2) is 4.79 Å². The van der Waals surface area contributed by atoms with Crippen LogP contribution in [0.2, 0.25) is 0 Å². The third-order valence-corrected chi connectivity index (χ3v) is 4.80. The Morgan fingerprint density at radius 1 is 1.35 bits per heavy atom. The highest BCUT2D eigenvalue weighted by atomic mass is 79.9. The highest BCUT2D eigenvalue weighted by Crippen LogP contribution is 2.23. The minimum atomic E-state index is -0.892. The van der Waals surface area contributed by atoms with Gasteiger partial charge in [0.15, 0.2) is 0 Å². The van der Waals surface area contributed by atoms with Gasteiger partial charge >= 0.3 is 5.97 Å². The predicted molar refractivity (Wildman–Crippen MR) is 81.9 cm³/mol. The number of halogens is 1. The molecule has 1 fully saturated rings. The van der Waals surface area contributed by atoms with E-state index in [0.717, 1.165) is 15.8 Å². The van der Waals surface area contributed by atoms with Crippen molar-refractivity contribution in [2.24, 2.45) is 0 Å². The second-order valence-corrected chi connectivity index (χ2v) is 6.72. The van der Waals surface area contributed by atoms with E-state index in [0.29, 0.717) is 25.1 Å². The number of carbonyl (C=O) groups is 2. The quantitative estimate of drug-likeness (QED) is 0.823. The number of carboxylic acid groups (broad SMARTS) is 1. The van der Waals surface area contributed by atoms with Crippen molar-refractivity contribution in [3.05, 3.63) is 28.7 Å². The zero-order chi connectivity index (χ0) is 14.5. The number of hydrogen-bond donors (Lipinski definition) is 1. The van der Waals surface area contributed by atoms with Crippen molar-refractivity contribution >= 4 is 39.6 Å². The second kappa shape index (κ2) is 7.13. The van der Waals surface area contributed by atoms with Crippen molar-refractivity contribution in [2.45, 2.75) is 30.2 Å². The fourth-order valence-corrected chi connectivity index (χ4v) is 3.36. The Hall–Kier alpha value is -1.01. The summed E-state index contributed by atoms with van der Waals surface area (Å²) in [5.74, 6) is -0.278. The third kappa shape index (κ3) is 3.99. The standard InChI is InChI=1S/C14H16BrNO3S/c15-10-3-5-11(6-4-10)20-9-7-13(17)16-8-1-2-12(16)14(18)19/h3-6,12H,1-2,7-9H2,(H,18,19). The molecule has 0 bridgehead atoms.